The highest BCUT2D eigenvalue weighted by Gasteiger charge is 2.36. The number of nitrogens with one attached hydrogen (secondary N) is 2. The third kappa shape index (κ3) is 4.71. The molecule has 0 saturated carbocycles. The number of nitrogens with zero attached hydrogens (tertiary/aromatic N) is 1. The third-order valence-corrected chi connectivity index (χ3v) is 3.29. The van der Waals surface area contributed by atoms with Gasteiger partial charge >= 0.3 is 12.0 Å². The fourth-order valence-electron chi connectivity index (χ4n) is 2.24. The fraction of sp³-hybridized carbons (Fsp3) is 0.769. The lowest BCUT2D eigenvalue weighted by Crippen LogP contribution is -2.41. The van der Waals surface area contributed by atoms with Crippen LogP contribution >= 0.6 is 0 Å². The number of carboxylic acids is 1. The summed E-state index contributed by atoms with van der Waals surface area (Å²) in [4.78, 5) is 35.7. The first kappa shape index (κ1) is 16.3. The zero-order chi connectivity index (χ0) is 15.3. The van der Waals surface area contributed by atoms with Crippen LogP contribution in [0.2, 0.25) is 0 Å². The van der Waals surface area contributed by atoms with E-state index in [0.29, 0.717) is 6.54 Å². The minimum Gasteiger partial charge on any atom is -0.481 e. The number of hydrogen-bond donors (Lipinski definition) is 3. The van der Waals surface area contributed by atoms with Crippen LogP contribution in [0.4, 0.5) is 4.79 Å². The molecular weight excluding hydrogens is 262 g/mol. The van der Waals surface area contributed by atoms with Gasteiger partial charge in [0.05, 0.1) is 5.92 Å². The molecule has 0 aromatic carbocycles. The predicted molar refractivity (Wildman–Crippen MR) is 73.2 cm³/mol. The lowest BCUT2D eigenvalue weighted by Gasteiger charge is -2.17. The van der Waals surface area contributed by atoms with Gasteiger partial charge in [-0.3, -0.25) is 9.59 Å². The normalized spacial score (nSPS) is 21.9. The Bertz CT molecular complexity index is 384. The molecule has 7 heteroatoms. The first-order valence-electron chi connectivity index (χ1n) is 6.86. The topological polar surface area (TPSA) is 98.7 Å². The minimum atomic E-state index is -0.871. The molecule has 0 aromatic rings. The van der Waals surface area contributed by atoms with Crippen LogP contribution in [0.25, 0.3) is 0 Å². The summed E-state index contributed by atoms with van der Waals surface area (Å²) in [7, 11) is 0. The number of amides is 3. The smallest absolute Gasteiger partial charge is 0.317 e. The summed E-state index contributed by atoms with van der Waals surface area (Å²) in [6.07, 6.45) is 0.218. The van der Waals surface area contributed by atoms with Crippen LogP contribution in [0.1, 0.15) is 27.2 Å². The predicted octanol–water partition coefficient (Wildman–Crippen LogP) is 0.263. The summed E-state index contributed by atoms with van der Waals surface area (Å²) in [5.74, 6) is -1.55. The summed E-state index contributed by atoms with van der Waals surface area (Å²) < 4.78 is 0. The van der Waals surface area contributed by atoms with Crippen LogP contribution < -0.4 is 10.6 Å². The van der Waals surface area contributed by atoms with Gasteiger partial charge in [0.25, 0.3) is 0 Å². The zero-order valence-corrected chi connectivity index (χ0v) is 12.2. The summed E-state index contributed by atoms with van der Waals surface area (Å²) in [6, 6.07) is -0.230. The molecule has 1 saturated heterocycles. The average Bonchev–Trinajstić information content (AvgIpc) is 2.70. The molecule has 1 rings (SSSR count). The molecule has 0 spiro atoms. The Kier molecular flexibility index (Phi) is 5.79. The largest absolute Gasteiger partial charge is 0.481 e. The Labute approximate surface area is 118 Å². The van der Waals surface area contributed by atoms with E-state index in [1.54, 1.807) is 0 Å². The number of rotatable bonds is 5. The number of carboxylic acid groups (broad SMARTS) is 1. The van der Waals surface area contributed by atoms with Gasteiger partial charge in [0.15, 0.2) is 0 Å². The Hall–Kier alpha value is -1.79. The van der Waals surface area contributed by atoms with Crippen molar-refractivity contribution >= 4 is 17.9 Å². The highest BCUT2D eigenvalue weighted by atomic mass is 16.4. The van der Waals surface area contributed by atoms with Gasteiger partial charge in [0, 0.05) is 32.1 Å². The van der Waals surface area contributed by atoms with E-state index < -0.39 is 11.9 Å². The second kappa shape index (κ2) is 7.12. The zero-order valence-electron chi connectivity index (χ0n) is 12.2. The van der Waals surface area contributed by atoms with Gasteiger partial charge in [-0.25, -0.2) is 4.79 Å². The Morgan fingerprint density at radius 2 is 1.95 bits per heavy atom. The molecule has 1 aliphatic rings. The molecule has 0 aliphatic carbocycles. The molecule has 2 atom stereocenters. The van der Waals surface area contributed by atoms with Crippen molar-refractivity contribution in [1.29, 1.82) is 0 Å². The van der Waals surface area contributed by atoms with E-state index in [2.05, 4.69) is 10.6 Å². The monoisotopic (exact) mass is 285 g/mol. The van der Waals surface area contributed by atoms with Gasteiger partial charge in [-0.2, -0.15) is 0 Å². The highest BCUT2D eigenvalue weighted by molar-refractivity contribution is 5.79. The molecule has 1 heterocycles. The molecule has 1 fully saturated rings. The van der Waals surface area contributed by atoms with Crippen molar-refractivity contribution in [2.24, 2.45) is 11.8 Å². The summed E-state index contributed by atoms with van der Waals surface area (Å²) >= 11 is 0. The molecule has 1 aliphatic heterocycles. The molecule has 3 amide bonds. The highest BCUT2D eigenvalue weighted by Crippen LogP contribution is 2.22. The first-order chi connectivity index (χ1) is 9.31. The van der Waals surface area contributed by atoms with Crippen molar-refractivity contribution in [1.82, 2.24) is 15.5 Å². The SMILES string of the molecule is CC(C)NC(=O)CCNC(=O)N1CC(C)C(C(=O)O)C1. The van der Waals surface area contributed by atoms with Crippen molar-refractivity contribution in [2.75, 3.05) is 19.6 Å². The first-order valence-corrected chi connectivity index (χ1v) is 6.86. The van der Waals surface area contributed by atoms with Crippen LogP contribution in [0.5, 0.6) is 0 Å². The maximum absolute atomic E-state index is 11.9. The summed E-state index contributed by atoms with van der Waals surface area (Å²) in [5.41, 5.74) is 0. The molecule has 2 unspecified atom stereocenters. The number of carbonyl (C=O) groups is 3. The van der Waals surface area contributed by atoms with Crippen LogP contribution in [-0.2, 0) is 9.59 Å². The Morgan fingerprint density at radius 3 is 2.45 bits per heavy atom. The summed E-state index contributed by atoms with van der Waals surface area (Å²) in [5, 5.41) is 14.4. The molecule has 7 nitrogen and oxygen atoms in total. The second-order valence-electron chi connectivity index (χ2n) is 5.53. The molecule has 0 aromatic heterocycles. The van der Waals surface area contributed by atoms with Crippen LogP contribution in [-0.4, -0.2) is 53.6 Å². The number of aliphatic carboxylic acids is 1. The number of carbonyl (C=O) groups excluding carboxylic acids is 2. The molecule has 0 radical (unpaired) electrons. The quantitative estimate of drug-likeness (QED) is 0.675. The maximum atomic E-state index is 11.9. The number of urea groups is 1. The van der Waals surface area contributed by atoms with E-state index >= 15 is 0 Å². The lowest BCUT2D eigenvalue weighted by atomic mass is 9.99. The minimum absolute atomic E-state index is 0.0533. The lowest BCUT2D eigenvalue weighted by molar-refractivity contribution is -0.142. The molecular formula is C13H23N3O4. The Balaban J connectivity index is 2.31. The van der Waals surface area contributed by atoms with E-state index in [4.69, 9.17) is 5.11 Å². The standard InChI is InChI=1S/C13H23N3O4/c1-8(2)15-11(17)4-5-14-13(20)16-6-9(3)10(7-16)12(18)19/h8-10H,4-7H2,1-3H3,(H,14,20)(H,15,17)(H,18,19). The maximum Gasteiger partial charge on any atom is 0.317 e. The van der Waals surface area contributed by atoms with E-state index in [9.17, 15) is 14.4 Å². The fourth-order valence-corrected chi connectivity index (χ4v) is 2.24. The van der Waals surface area contributed by atoms with Crippen LogP contribution in [0.15, 0.2) is 0 Å². The van der Waals surface area contributed by atoms with E-state index in [0.717, 1.165) is 0 Å². The van der Waals surface area contributed by atoms with Crippen molar-refractivity contribution in [3.8, 4) is 0 Å². The van der Waals surface area contributed by atoms with Crippen molar-refractivity contribution in [3.63, 3.8) is 0 Å². The molecule has 20 heavy (non-hydrogen) atoms. The average molecular weight is 285 g/mol. The van der Waals surface area contributed by atoms with Crippen LogP contribution in [0, 0.1) is 11.8 Å². The van der Waals surface area contributed by atoms with E-state index in [1.807, 2.05) is 20.8 Å². The molecule has 3 N–H and O–H groups in total. The van der Waals surface area contributed by atoms with Gasteiger partial charge in [0.2, 0.25) is 5.91 Å². The van der Waals surface area contributed by atoms with Crippen molar-refractivity contribution in [2.45, 2.75) is 33.2 Å². The van der Waals surface area contributed by atoms with Crippen molar-refractivity contribution < 1.29 is 19.5 Å². The summed E-state index contributed by atoms with van der Waals surface area (Å²) in [6.45, 7) is 6.46. The number of hydrogen-bond acceptors (Lipinski definition) is 3. The Morgan fingerprint density at radius 1 is 1.30 bits per heavy atom. The van der Waals surface area contributed by atoms with Gasteiger partial charge in [-0.1, -0.05) is 6.92 Å². The molecule has 114 valence electrons. The number of likely N-dealkylation sites (tertiary alicyclic amines) is 1. The van der Waals surface area contributed by atoms with Gasteiger partial charge in [0.1, 0.15) is 0 Å². The van der Waals surface area contributed by atoms with Crippen molar-refractivity contribution in [3.05, 3.63) is 0 Å². The van der Waals surface area contributed by atoms with Crippen LogP contribution in [0.3, 0.4) is 0 Å². The van der Waals surface area contributed by atoms with E-state index in [1.165, 1.54) is 4.90 Å². The van der Waals surface area contributed by atoms with Gasteiger partial charge < -0.3 is 20.6 Å². The van der Waals surface area contributed by atoms with Gasteiger partial charge in [-0.05, 0) is 19.8 Å². The second-order valence-corrected chi connectivity index (χ2v) is 5.53. The third-order valence-electron chi connectivity index (χ3n) is 3.29. The molecule has 0 bridgehead atoms. The van der Waals surface area contributed by atoms with E-state index in [-0.39, 0.29) is 43.4 Å². The van der Waals surface area contributed by atoms with Gasteiger partial charge in [-0.15, -0.1) is 0 Å².